The first-order chi connectivity index (χ1) is 16.4. The first kappa shape index (κ1) is 29.3. The molecule has 4 atom stereocenters. The van der Waals surface area contributed by atoms with Crippen LogP contribution in [0.1, 0.15) is 38.2 Å². The molecule has 13 nitrogen and oxygen atoms in total. The van der Waals surface area contributed by atoms with Gasteiger partial charge in [0.05, 0.1) is 12.5 Å². The average Bonchev–Trinajstić information content (AvgIpc) is 2.78. The highest BCUT2D eigenvalue weighted by molar-refractivity contribution is 5.96. The molecule has 0 heterocycles. The van der Waals surface area contributed by atoms with Gasteiger partial charge in [0.25, 0.3) is 0 Å². The number of carboxylic acid groups (broad SMARTS) is 1. The predicted octanol–water partition coefficient (Wildman–Crippen LogP) is -2.17. The Morgan fingerprint density at radius 2 is 1.43 bits per heavy atom. The maximum Gasteiger partial charge on any atom is 0.326 e. The predicted molar refractivity (Wildman–Crippen MR) is 126 cm³/mol. The summed E-state index contributed by atoms with van der Waals surface area (Å²) in [7, 11) is 0. The van der Waals surface area contributed by atoms with E-state index < -0.39 is 60.2 Å². The number of carboxylic acids is 1. The molecule has 0 aromatic heterocycles. The number of benzene rings is 1. The minimum Gasteiger partial charge on any atom is -0.508 e. The third kappa shape index (κ3) is 10.8. The van der Waals surface area contributed by atoms with Gasteiger partial charge in [0.15, 0.2) is 0 Å². The summed E-state index contributed by atoms with van der Waals surface area (Å²) in [5.74, 6) is -4.56. The maximum atomic E-state index is 12.9. The fourth-order valence-corrected chi connectivity index (χ4v) is 3.09. The molecule has 1 rings (SSSR count). The van der Waals surface area contributed by atoms with Crippen LogP contribution in [0.25, 0.3) is 0 Å². The van der Waals surface area contributed by atoms with Crippen molar-refractivity contribution in [3.8, 4) is 5.75 Å². The summed E-state index contributed by atoms with van der Waals surface area (Å²) in [5, 5.41) is 26.1. The molecule has 0 saturated heterocycles. The molecular formula is C22H34N6O7. The fraction of sp³-hybridized carbons (Fsp3) is 0.500. The number of carbonyl (C=O) groups excluding carboxylic acids is 4. The Hall–Kier alpha value is -3.71. The van der Waals surface area contributed by atoms with E-state index in [-0.39, 0.29) is 18.6 Å². The van der Waals surface area contributed by atoms with Crippen LogP contribution in [0.4, 0.5) is 0 Å². The number of aromatic hydroxyl groups is 1. The van der Waals surface area contributed by atoms with E-state index in [9.17, 15) is 34.2 Å². The van der Waals surface area contributed by atoms with Crippen molar-refractivity contribution < 1.29 is 34.2 Å². The highest BCUT2D eigenvalue weighted by Gasteiger charge is 2.31. The second-order valence-electron chi connectivity index (χ2n) is 8.14. The number of phenolic OH excluding ortho intramolecular Hbond substituents is 1. The average molecular weight is 495 g/mol. The monoisotopic (exact) mass is 494 g/mol. The van der Waals surface area contributed by atoms with Gasteiger partial charge in [-0.25, -0.2) is 4.79 Å². The largest absolute Gasteiger partial charge is 0.508 e. The van der Waals surface area contributed by atoms with E-state index >= 15 is 0 Å². The van der Waals surface area contributed by atoms with Crippen LogP contribution in [0.5, 0.6) is 5.75 Å². The SMILES string of the molecule is CC(N)C(=O)NC(CCCCN)C(=O)NC(CC(N)=O)C(=O)NC(Cc1ccc(O)cc1)C(=O)O. The number of nitrogens with one attached hydrogen (secondary N) is 3. The number of phenols is 1. The van der Waals surface area contributed by atoms with Crippen LogP contribution >= 0.6 is 0 Å². The standard InChI is InChI=1S/C22H34N6O7/c1-12(24)19(31)26-15(4-2-3-9-23)20(32)27-16(11-18(25)30)21(33)28-17(22(34)35)10-13-5-7-14(29)8-6-13/h5-8,12,15-17,29H,2-4,9-11,23-24H2,1H3,(H2,25,30)(H,26,31)(H,27,32)(H,28,33)(H,34,35). The molecule has 1 aromatic carbocycles. The Morgan fingerprint density at radius 1 is 0.886 bits per heavy atom. The van der Waals surface area contributed by atoms with Gasteiger partial charge < -0.3 is 43.4 Å². The summed E-state index contributed by atoms with van der Waals surface area (Å²) in [6, 6.07) is 0.904. The zero-order valence-corrected chi connectivity index (χ0v) is 19.5. The molecule has 0 fully saturated rings. The van der Waals surface area contributed by atoms with Crippen LogP contribution in [0.3, 0.4) is 0 Å². The molecule has 0 bridgehead atoms. The molecule has 1 aromatic rings. The lowest BCUT2D eigenvalue weighted by molar-refractivity contribution is -0.142. The van der Waals surface area contributed by atoms with Gasteiger partial charge in [-0.2, -0.15) is 0 Å². The molecule has 0 aliphatic heterocycles. The quantitative estimate of drug-likeness (QED) is 0.123. The second kappa shape index (κ2) is 14.5. The van der Waals surface area contributed by atoms with E-state index in [0.29, 0.717) is 24.9 Å². The van der Waals surface area contributed by atoms with E-state index in [1.54, 1.807) is 0 Å². The van der Waals surface area contributed by atoms with E-state index in [1.165, 1.54) is 31.2 Å². The Balaban J connectivity index is 2.99. The van der Waals surface area contributed by atoms with Gasteiger partial charge in [0.2, 0.25) is 23.6 Å². The lowest BCUT2D eigenvalue weighted by Gasteiger charge is -2.24. The van der Waals surface area contributed by atoms with Gasteiger partial charge >= 0.3 is 5.97 Å². The number of rotatable bonds is 15. The number of aliphatic carboxylic acids is 1. The smallest absolute Gasteiger partial charge is 0.326 e. The van der Waals surface area contributed by atoms with Crippen molar-refractivity contribution in [3.63, 3.8) is 0 Å². The van der Waals surface area contributed by atoms with Crippen molar-refractivity contribution in [2.75, 3.05) is 6.54 Å². The number of carbonyl (C=O) groups is 5. The van der Waals surface area contributed by atoms with Crippen LogP contribution in [0.15, 0.2) is 24.3 Å². The minimum atomic E-state index is -1.48. The number of hydrogen-bond donors (Lipinski definition) is 8. The second-order valence-corrected chi connectivity index (χ2v) is 8.14. The molecule has 35 heavy (non-hydrogen) atoms. The van der Waals surface area contributed by atoms with E-state index in [1.807, 2.05) is 0 Å². The third-order valence-corrected chi connectivity index (χ3v) is 5.02. The Morgan fingerprint density at radius 3 is 1.94 bits per heavy atom. The van der Waals surface area contributed by atoms with Crippen LogP contribution < -0.4 is 33.2 Å². The topological polar surface area (TPSA) is 240 Å². The van der Waals surface area contributed by atoms with Crippen LogP contribution in [-0.4, -0.2) is 70.5 Å². The zero-order chi connectivity index (χ0) is 26.5. The van der Waals surface area contributed by atoms with Gasteiger partial charge in [-0.05, 0) is 50.4 Å². The number of nitrogens with two attached hydrogens (primary N) is 3. The zero-order valence-electron chi connectivity index (χ0n) is 19.5. The van der Waals surface area contributed by atoms with E-state index in [4.69, 9.17) is 17.2 Å². The molecule has 194 valence electrons. The molecule has 0 aliphatic carbocycles. The highest BCUT2D eigenvalue weighted by Crippen LogP contribution is 2.12. The van der Waals surface area contributed by atoms with Crippen LogP contribution in [0, 0.1) is 0 Å². The van der Waals surface area contributed by atoms with E-state index in [2.05, 4.69) is 16.0 Å². The van der Waals surface area contributed by atoms with Gasteiger partial charge in [-0.1, -0.05) is 12.1 Å². The molecular weight excluding hydrogens is 460 g/mol. The van der Waals surface area contributed by atoms with Gasteiger partial charge in [-0.3, -0.25) is 19.2 Å². The van der Waals surface area contributed by atoms with Crippen molar-refractivity contribution in [1.29, 1.82) is 0 Å². The number of amides is 4. The number of primary amides is 1. The molecule has 0 saturated carbocycles. The normalized spacial score (nSPS) is 14.1. The molecule has 4 amide bonds. The van der Waals surface area contributed by atoms with Crippen molar-refractivity contribution in [3.05, 3.63) is 29.8 Å². The Bertz CT molecular complexity index is 891. The fourth-order valence-electron chi connectivity index (χ4n) is 3.09. The molecule has 0 aliphatic rings. The van der Waals surface area contributed by atoms with E-state index in [0.717, 1.165) is 0 Å². The molecule has 0 spiro atoms. The van der Waals surface area contributed by atoms with Crippen LogP contribution in [0.2, 0.25) is 0 Å². The first-order valence-electron chi connectivity index (χ1n) is 11.1. The van der Waals surface area contributed by atoms with Gasteiger partial charge in [0, 0.05) is 6.42 Å². The Labute approximate surface area is 202 Å². The van der Waals surface area contributed by atoms with Crippen molar-refractivity contribution in [1.82, 2.24) is 16.0 Å². The Kier molecular flexibility index (Phi) is 12.2. The summed E-state index contributed by atoms with van der Waals surface area (Å²) in [4.78, 5) is 61.0. The number of unbranched alkanes of at least 4 members (excludes halogenated alkanes) is 1. The molecule has 11 N–H and O–H groups in total. The van der Waals surface area contributed by atoms with Gasteiger partial charge in [0.1, 0.15) is 23.9 Å². The van der Waals surface area contributed by atoms with Gasteiger partial charge in [-0.15, -0.1) is 0 Å². The first-order valence-corrected chi connectivity index (χ1v) is 11.1. The third-order valence-electron chi connectivity index (χ3n) is 5.02. The lowest BCUT2D eigenvalue weighted by atomic mass is 10.0. The number of hydrogen-bond acceptors (Lipinski definition) is 8. The summed E-state index contributed by atoms with van der Waals surface area (Å²) >= 11 is 0. The summed E-state index contributed by atoms with van der Waals surface area (Å²) in [6.45, 7) is 1.81. The summed E-state index contributed by atoms with van der Waals surface area (Å²) < 4.78 is 0. The summed E-state index contributed by atoms with van der Waals surface area (Å²) in [5.41, 5.74) is 16.8. The molecule has 0 radical (unpaired) electrons. The van der Waals surface area contributed by atoms with Crippen LogP contribution in [-0.2, 0) is 30.4 Å². The van der Waals surface area contributed by atoms with Crippen molar-refractivity contribution in [2.45, 2.75) is 63.2 Å². The maximum absolute atomic E-state index is 12.9. The summed E-state index contributed by atoms with van der Waals surface area (Å²) in [6.07, 6.45) is 0.560. The molecule has 13 heteroatoms. The minimum absolute atomic E-state index is 0.00830. The van der Waals surface area contributed by atoms with Crippen molar-refractivity contribution in [2.24, 2.45) is 17.2 Å². The molecule has 4 unspecified atom stereocenters. The lowest BCUT2D eigenvalue weighted by Crippen LogP contribution is -2.57. The highest BCUT2D eigenvalue weighted by atomic mass is 16.4. The van der Waals surface area contributed by atoms with Crippen molar-refractivity contribution >= 4 is 29.6 Å².